The van der Waals surface area contributed by atoms with Gasteiger partial charge in [0.1, 0.15) is 11.3 Å². The minimum atomic E-state index is -4.53. The third-order valence-electron chi connectivity index (χ3n) is 10.2. The Bertz CT molecular complexity index is 2810. The van der Waals surface area contributed by atoms with Crippen molar-refractivity contribution in [2.75, 3.05) is 0 Å². The van der Waals surface area contributed by atoms with Crippen molar-refractivity contribution in [1.29, 1.82) is 0 Å². The summed E-state index contributed by atoms with van der Waals surface area (Å²) in [6.07, 6.45) is -9.04. The Morgan fingerprint density at radius 1 is 0.538 bits per heavy atom. The molecule has 2 aliphatic carbocycles. The molecule has 0 unspecified atom stereocenters. The number of thiophene rings is 1. The second-order valence-electron chi connectivity index (χ2n) is 13.7. The maximum absolute atomic E-state index is 14.1. The molecular formula is C44H24F6OS. The van der Waals surface area contributed by atoms with Gasteiger partial charge in [-0.15, -0.1) is 11.3 Å². The summed E-state index contributed by atoms with van der Waals surface area (Å²) in [6, 6.07) is 31.9. The molecule has 10 rings (SSSR count). The fourth-order valence-electron chi connectivity index (χ4n) is 8.16. The minimum Gasteiger partial charge on any atom is -0.455 e. The molecule has 2 aliphatic rings. The van der Waals surface area contributed by atoms with E-state index in [9.17, 15) is 26.3 Å². The summed E-state index contributed by atoms with van der Waals surface area (Å²) in [5.74, 6) is 0.575. The highest BCUT2D eigenvalue weighted by atomic mass is 32.1. The molecular weight excluding hydrogens is 691 g/mol. The average Bonchev–Trinajstić information content (AvgIpc) is 3.82. The lowest BCUT2D eigenvalue weighted by Crippen LogP contribution is -2.11. The van der Waals surface area contributed by atoms with Crippen LogP contribution < -0.4 is 10.4 Å². The molecule has 0 radical (unpaired) electrons. The first-order chi connectivity index (χ1) is 24.8. The topological polar surface area (TPSA) is 13.1 Å². The van der Waals surface area contributed by atoms with Crippen molar-refractivity contribution in [3.63, 3.8) is 0 Å². The summed E-state index contributed by atoms with van der Waals surface area (Å²) in [4.78, 5) is 0.972. The van der Waals surface area contributed by atoms with Crippen LogP contribution in [0.2, 0.25) is 0 Å². The summed E-state index contributed by atoms with van der Waals surface area (Å²) in [5.41, 5.74) is 5.86. The van der Waals surface area contributed by atoms with E-state index in [1.807, 2.05) is 72.8 Å². The number of alkyl halides is 6. The Kier molecular flexibility index (Phi) is 6.28. The van der Waals surface area contributed by atoms with E-state index in [4.69, 9.17) is 4.42 Å². The smallest absolute Gasteiger partial charge is 0.416 e. The Balaban J connectivity index is 1.32. The quantitative estimate of drug-likeness (QED) is 0.163. The number of furan rings is 1. The standard InChI is InChI=1S/C44H24F6OS/c1-21-11-25(15-27(13-21)43(45,46)47)37-31-17-24-20-34-32(18-23(24)19-33(31)41-39(37)29-7-3-5-9-35(29)51-41)38(26-12-22(2)14-28(16-26)44(48,49)50)40-30-8-4-6-10-36(30)52-42(34)40/h3-20H,1-2H3. The Labute approximate surface area is 296 Å². The molecule has 8 heteroatoms. The van der Waals surface area contributed by atoms with Gasteiger partial charge in [-0.3, -0.25) is 0 Å². The molecule has 0 saturated carbocycles. The van der Waals surface area contributed by atoms with Gasteiger partial charge >= 0.3 is 12.4 Å². The number of fused-ring (bicyclic) bond motifs is 11. The zero-order valence-electron chi connectivity index (χ0n) is 27.5. The van der Waals surface area contributed by atoms with Crippen molar-refractivity contribution < 1.29 is 30.8 Å². The highest BCUT2D eigenvalue weighted by Gasteiger charge is 2.35. The number of halogens is 6. The molecule has 0 atom stereocenters. The first kappa shape index (κ1) is 31.2. The zero-order chi connectivity index (χ0) is 35.8. The molecule has 1 nitrogen and oxygen atoms in total. The highest BCUT2D eigenvalue weighted by molar-refractivity contribution is 7.22. The van der Waals surface area contributed by atoms with E-state index in [-0.39, 0.29) is 0 Å². The van der Waals surface area contributed by atoms with Gasteiger partial charge in [0.05, 0.1) is 11.1 Å². The normalized spacial score (nSPS) is 13.7. The van der Waals surface area contributed by atoms with Crippen molar-refractivity contribution in [2.45, 2.75) is 26.2 Å². The van der Waals surface area contributed by atoms with Crippen LogP contribution in [0.5, 0.6) is 0 Å². The maximum Gasteiger partial charge on any atom is 0.416 e. The zero-order valence-corrected chi connectivity index (χ0v) is 28.3. The number of aryl methyl sites for hydroxylation is 2. The summed E-state index contributed by atoms with van der Waals surface area (Å²) in [6.45, 7) is 3.34. The van der Waals surface area contributed by atoms with Crippen LogP contribution in [0.4, 0.5) is 26.3 Å². The lowest BCUT2D eigenvalue weighted by molar-refractivity contribution is -0.138. The SMILES string of the molecule is Cc1cc(C2=c3cc4cc5c(cc4cc3-c3oc4ccccc4c32)=C(c2cc(C)cc(C(F)(F)F)c2)c2c-5sc3ccccc23)cc(C(F)(F)F)c1. The van der Waals surface area contributed by atoms with Gasteiger partial charge in [-0.05, 0) is 124 Å². The lowest BCUT2D eigenvalue weighted by atomic mass is 9.93. The molecule has 6 aromatic carbocycles. The van der Waals surface area contributed by atoms with E-state index in [0.29, 0.717) is 39.2 Å². The van der Waals surface area contributed by atoms with Gasteiger partial charge in [0.2, 0.25) is 0 Å². The lowest BCUT2D eigenvalue weighted by Gasteiger charge is -2.13. The molecule has 0 amide bonds. The summed E-state index contributed by atoms with van der Waals surface area (Å²) >= 11 is 1.60. The van der Waals surface area contributed by atoms with E-state index >= 15 is 0 Å². The van der Waals surface area contributed by atoms with E-state index in [1.165, 1.54) is 18.2 Å². The molecule has 2 heterocycles. The van der Waals surface area contributed by atoms with Crippen LogP contribution in [0, 0.1) is 13.8 Å². The molecule has 8 aromatic rings. The van der Waals surface area contributed by atoms with Gasteiger partial charge in [-0.2, -0.15) is 26.3 Å². The van der Waals surface area contributed by atoms with Gasteiger partial charge < -0.3 is 4.42 Å². The molecule has 0 fully saturated rings. The van der Waals surface area contributed by atoms with Gasteiger partial charge in [0, 0.05) is 48.2 Å². The second kappa shape index (κ2) is 10.5. The third-order valence-corrected chi connectivity index (χ3v) is 11.4. The molecule has 0 bridgehead atoms. The van der Waals surface area contributed by atoms with E-state index in [0.717, 1.165) is 75.5 Å². The molecule has 0 N–H and O–H groups in total. The van der Waals surface area contributed by atoms with Crippen LogP contribution in [0.25, 0.3) is 64.7 Å². The van der Waals surface area contributed by atoms with Crippen molar-refractivity contribution in [2.24, 2.45) is 0 Å². The van der Waals surface area contributed by atoms with Gasteiger partial charge in [0.25, 0.3) is 0 Å². The predicted molar refractivity (Wildman–Crippen MR) is 195 cm³/mol. The minimum absolute atomic E-state index is 0.446. The van der Waals surface area contributed by atoms with Crippen molar-refractivity contribution in [3.05, 3.63) is 164 Å². The molecule has 254 valence electrons. The second-order valence-corrected chi connectivity index (χ2v) is 14.7. The first-order valence-corrected chi connectivity index (χ1v) is 17.4. The predicted octanol–water partition coefficient (Wildman–Crippen LogP) is 11.9. The van der Waals surface area contributed by atoms with Crippen molar-refractivity contribution in [3.8, 4) is 21.8 Å². The first-order valence-electron chi connectivity index (χ1n) is 16.6. The number of hydrogen-bond donors (Lipinski definition) is 0. The molecule has 52 heavy (non-hydrogen) atoms. The van der Waals surface area contributed by atoms with Gasteiger partial charge in [-0.1, -0.05) is 48.5 Å². The molecule has 0 spiro atoms. The van der Waals surface area contributed by atoms with E-state index in [1.54, 1.807) is 31.3 Å². The fraction of sp³-hybridized carbons (Fsp3) is 0.0909. The third kappa shape index (κ3) is 4.50. The summed E-state index contributed by atoms with van der Waals surface area (Å²) in [5, 5.41) is 5.06. The number of hydrogen-bond acceptors (Lipinski definition) is 2. The maximum atomic E-state index is 14.1. The van der Waals surface area contributed by atoms with Crippen molar-refractivity contribution >= 4 is 54.3 Å². The van der Waals surface area contributed by atoms with Crippen LogP contribution in [-0.4, -0.2) is 0 Å². The Morgan fingerprint density at radius 3 is 1.71 bits per heavy atom. The van der Waals surface area contributed by atoms with Crippen LogP contribution in [0.15, 0.2) is 114 Å². The fourth-order valence-corrected chi connectivity index (χ4v) is 9.40. The van der Waals surface area contributed by atoms with Gasteiger partial charge in [-0.25, -0.2) is 0 Å². The average molecular weight is 715 g/mol. The van der Waals surface area contributed by atoms with Crippen LogP contribution in [-0.2, 0) is 12.4 Å². The molecule has 0 saturated heterocycles. The Morgan fingerprint density at radius 2 is 1.08 bits per heavy atom. The van der Waals surface area contributed by atoms with Gasteiger partial charge in [0.15, 0.2) is 0 Å². The molecule has 2 aromatic heterocycles. The molecule has 0 aliphatic heterocycles. The monoisotopic (exact) mass is 714 g/mol. The largest absolute Gasteiger partial charge is 0.455 e. The van der Waals surface area contributed by atoms with Crippen molar-refractivity contribution in [1.82, 2.24) is 0 Å². The summed E-state index contributed by atoms with van der Waals surface area (Å²) < 4.78 is 92.3. The van der Waals surface area contributed by atoms with E-state index in [2.05, 4.69) is 6.07 Å². The highest BCUT2D eigenvalue weighted by Crippen LogP contribution is 2.49. The van der Waals surface area contributed by atoms with Crippen LogP contribution in [0.3, 0.4) is 0 Å². The van der Waals surface area contributed by atoms with E-state index < -0.39 is 23.5 Å². The number of benzene rings is 6. The summed E-state index contributed by atoms with van der Waals surface area (Å²) in [7, 11) is 0. The Hall–Kier alpha value is -5.60. The number of para-hydroxylation sites is 1. The number of rotatable bonds is 2. The van der Waals surface area contributed by atoms with Crippen LogP contribution >= 0.6 is 11.3 Å². The van der Waals surface area contributed by atoms with Crippen LogP contribution in [0.1, 0.15) is 44.5 Å².